The van der Waals surface area contributed by atoms with E-state index in [0.29, 0.717) is 12.2 Å². The lowest BCUT2D eigenvalue weighted by Crippen LogP contribution is -2.41. The first-order valence-corrected chi connectivity index (χ1v) is 6.40. The first kappa shape index (κ1) is 16.2. The highest BCUT2D eigenvalue weighted by molar-refractivity contribution is 6.32. The average molecular weight is 298 g/mol. The summed E-state index contributed by atoms with van der Waals surface area (Å²) >= 11 is 5.95. The van der Waals surface area contributed by atoms with Gasteiger partial charge in [0, 0.05) is 18.6 Å². The Kier molecular flexibility index (Phi) is 5.31. The Hall–Kier alpha value is -1.84. The van der Waals surface area contributed by atoms with Crippen molar-refractivity contribution in [3.8, 4) is 11.8 Å². The molecule has 7 heteroatoms. The quantitative estimate of drug-likeness (QED) is 0.644. The van der Waals surface area contributed by atoms with Crippen LogP contribution in [0.15, 0.2) is 18.2 Å². The Labute approximate surface area is 122 Å². The van der Waals surface area contributed by atoms with E-state index < -0.39 is 10.5 Å². The summed E-state index contributed by atoms with van der Waals surface area (Å²) < 4.78 is 5.63. The topological polar surface area (TPSA) is 88.2 Å². The first-order chi connectivity index (χ1) is 9.31. The SMILES string of the molecule is CNC(C)(C#N)CC(C)Oc1ccc([N+](=O)[O-])cc1Cl. The number of nitro benzene ring substituents is 1. The summed E-state index contributed by atoms with van der Waals surface area (Å²) in [6, 6.07) is 6.20. The Morgan fingerprint density at radius 2 is 2.30 bits per heavy atom. The number of nitriles is 1. The third-order valence-electron chi connectivity index (χ3n) is 2.95. The van der Waals surface area contributed by atoms with Gasteiger partial charge in [-0.15, -0.1) is 0 Å². The third kappa shape index (κ3) is 4.08. The van der Waals surface area contributed by atoms with E-state index in [1.54, 1.807) is 14.0 Å². The van der Waals surface area contributed by atoms with Gasteiger partial charge in [0.05, 0.1) is 22.1 Å². The van der Waals surface area contributed by atoms with Gasteiger partial charge in [0.2, 0.25) is 0 Å². The predicted octanol–water partition coefficient (Wildman–Crippen LogP) is 2.91. The van der Waals surface area contributed by atoms with E-state index in [4.69, 9.17) is 21.6 Å². The van der Waals surface area contributed by atoms with Gasteiger partial charge in [-0.3, -0.25) is 10.1 Å². The predicted molar refractivity (Wildman–Crippen MR) is 75.9 cm³/mol. The zero-order chi connectivity index (χ0) is 15.3. The van der Waals surface area contributed by atoms with Gasteiger partial charge in [-0.05, 0) is 27.0 Å². The number of nitro groups is 1. The number of benzene rings is 1. The van der Waals surface area contributed by atoms with Crippen LogP contribution in [0.2, 0.25) is 5.02 Å². The van der Waals surface area contributed by atoms with Crippen molar-refractivity contribution in [1.29, 1.82) is 5.26 Å². The number of nitrogens with one attached hydrogen (secondary N) is 1. The molecular weight excluding hydrogens is 282 g/mol. The molecule has 0 saturated heterocycles. The molecule has 0 radical (unpaired) electrons. The summed E-state index contributed by atoms with van der Waals surface area (Å²) in [5.41, 5.74) is -0.792. The maximum atomic E-state index is 10.6. The van der Waals surface area contributed by atoms with E-state index in [0.717, 1.165) is 0 Å². The van der Waals surface area contributed by atoms with E-state index in [1.807, 2.05) is 6.92 Å². The van der Waals surface area contributed by atoms with Gasteiger partial charge in [-0.2, -0.15) is 5.26 Å². The van der Waals surface area contributed by atoms with Crippen molar-refractivity contribution in [1.82, 2.24) is 5.32 Å². The third-order valence-corrected chi connectivity index (χ3v) is 3.24. The molecular formula is C13H16ClN3O3. The summed E-state index contributed by atoms with van der Waals surface area (Å²) in [7, 11) is 1.70. The fourth-order valence-corrected chi connectivity index (χ4v) is 1.96. The highest BCUT2D eigenvalue weighted by Gasteiger charge is 2.25. The molecule has 0 amide bonds. The monoisotopic (exact) mass is 297 g/mol. The van der Waals surface area contributed by atoms with Crippen molar-refractivity contribution in [3.05, 3.63) is 33.3 Å². The Balaban J connectivity index is 2.79. The van der Waals surface area contributed by atoms with Crippen LogP contribution < -0.4 is 10.1 Å². The van der Waals surface area contributed by atoms with E-state index >= 15 is 0 Å². The summed E-state index contributed by atoms with van der Waals surface area (Å²) in [4.78, 5) is 10.1. The largest absolute Gasteiger partial charge is 0.489 e. The van der Waals surface area contributed by atoms with Crippen LogP contribution in [0.4, 0.5) is 5.69 Å². The zero-order valence-electron chi connectivity index (χ0n) is 11.5. The van der Waals surface area contributed by atoms with Crippen LogP contribution in [-0.4, -0.2) is 23.6 Å². The second-order valence-electron chi connectivity index (χ2n) is 4.70. The molecule has 1 aromatic rings. The van der Waals surface area contributed by atoms with Crippen molar-refractivity contribution >= 4 is 17.3 Å². The molecule has 0 aliphatic carbocycles. The zero-order valence-corrected chi connectivity index (χ0v) is 12.3. The van der Waals surface area contributed by atoms with Crippen LogP contribution in [0, 0.1) is 21.4 Å². The minimum absolute atomic E-state index is 0.0907. The number of hydrogen-bond acceptors (Lipinski definition) is 5. The van der Waals surface area contributed by atoms with Crippen molar-refractivity contribution in [2.75, 3.05) is 7.05 Å². The lowest BCUT2D eigenvalue weighted by atomic mass is 9.97. The smallest absolute Gasteiger partial charge is 0.271 e. The molecule has 0 bridgehead atoms. The number of rotatable bonds is 6. The minimum atomic E-state index is -0.702. The molecule has 0 heterocycles. The number of non-ortho nitro benzene ring substituents is 1. The fraction of sp³-hybridized carbons (Fsp3) is 0.462. The second-order valence-corrected chi connectivity index (χ2v) is 5.11. The molecule has 2 atom stereocenters. The molecule has 1 rings (SSSR count). The molecule has 108 valence electrons. The molecule has 0 aromatic heterocycles. The van der Waals surface area contributed by atoms with E-state index in [2.05, 4.69) is 11.4 Å². The van der Waals surface area contributed by atoms with Crippen LogP contribution in [0.3, 0.4) is 0 Å². The lowest BCUT2D eigenvalue weighted by Gasteiger charge is -2.25. The molecule has 0 aliphatic heterocycles. The van der Waals surface area contributed by atoms with Crippen molar-refractivity contribution in [2.24, 2.45) is 0 Å². The Morgan fingerprint density at radius 3 is 2.75 bits per heavy atom. The Morgan fingerprint density at radius 1 is 1.65 bits per heavy atom. The van der Waals surface area contributed by atoms with Gasteiger partial charge in [-0.1, -0.05) is 11.6 Å². The molecule has 2 unspecified atom stereocenters. The van der Waals surface area contributed by atoms with E-state index in [9.17, 15) is 10.1 Å². The highest BCUT2D eigenvalue weighted by atomic mass is 35.5. The van der Waals surface area contributed by atoms with Gasteiger partial charge in [0.1, 0.15) is 11.3 Å². The van der Waals surface area contributed by atoms with Crippen LogP contribution in [-0.2, 0) is 0 Å². The van der Waals surface area contributed by atoms with Crippen LogP contribution in [0.25, 0.3) is 0 Å². The standard InChI is InChI=1S/C13H16ClN3O3/c1-9(7-13(2,8-15)16-3)20-12-5-4-10(17(18)19)6-11(12)14/h4-6,9,16H,7H2,1-3H3. The molecule has 0 saturated carbocycles. The Bertz CT molecular complexity index is 544. The van der Waals surface area contributed by atoms with Gasteiger partial charge in [-0.25, -0.2) is 0 Å². The number of nitrogens with zero attached hydrogens (tertiary/aromatic N) is 2. The van der Waals surface area contributed by atoms with Gasteiger partial charge >= 0.3 is 0 Å². The molecule has 0 spiro atoms. The average Bonchev–Trinajstić information content (AvgIpc) is 2.40. The molecule has 0 aliphatic rings. The number of ether oxygens (including phenoxy) is 1. The van der Waals surface area contributed by atoms with Crippen LogP contribution in [0.1, 0.15) is 20.3 Å². The summed E-state index contributed by atoms with van der Waals surface area (Å²) in [5.74, 6) is 0.362. The van der Waals surface area contributed by atoms with Crippen molar-refractivity contribution in [2.45, 2.75) is 31.9 Å². The summed E-state index contributed by atoms with van der Waals surface area (Å²) in [6.45, 7) is 3.58. The lowest BCUT2D eigenvalue weighted by molar-refractivity contribution is -0.384. The van der Waals surface area contributed by atoms with E-state index in [1.165, 1.54) is 18.2 Å². The van der Waals surface area contributed by atoms with Gasteiger partial charge < -0.3 is 10.1 Å². The molecule has 0 fully saturated rings. The first-order valence-electron chi connectivity index (χ1n) is 6.02. The van der Waals surface area contributed by atoms with Crippen molar-refractivity contribution < 1.29 is 9.66 Å². The minimum Gasteiger partial charge on any atom is -0.489 e. The number of hydrogen-bond donors (Lipinski definition) is 1. The molecule has 1 N–H and O–H groups in total. The second kappa shape index (κ2) is 6.55. The maximum absolute atomic E-state index is 10.6. The highest BCUT2D eigenvalue weighted by Crippen LogP contribution is 2.30. The molecule has 20 heavy (non-hydrogen) atoms. The maximum Gasteiger partial charge on any atom is 0.271 e. The van der Waals surface area contributed by atoms with Crippen LogP contribution in [0.5, 0.6) is 5.75 Å². The normalized spacial score (nSPS) is 14.9. The van der Waals surface area contributed by atoms with Crippen LogP contribution >= 0.6 is 11.6 Å². The fourth-order valence-electron chi connectivity index (χ4n) is 1.74. The number of halogens is 1. The van der Waals surface area contributed by atoms with Gasteiger partial charge in [0.15, 0.2) is 0 Å². The summed E-state index contributed by atoms with van der Waals surface area (Å²) in [6.07, 6.45) is 0.180. The molecule has 6 nitrogen and oxygen atoms in total. The van der Waals surface area contributed by atoms with Crippen molar-refractivity contribution in [3.63, 3.8) is 0 Å². The summed E-state index contributed by atoms with van der Waals surface area (Å²) in [5, 5.41) is 22.8. The van der Waals surface area contributed by atoms with Gasteiger partial charge in [0.25, 0.3) is 5.69 Å². The van der Waals surface area contributed by atoms with E-state index in [-0.39, 0.29) is 16.8 Å². The molecule has 1 aromatic carbocycles.